The third-order valence-electron chi connectivity index (χ3n) is 3.65. The van der Waals surface area contributed by atoms with E-state index >= 15 is 0 Å². The number of carbonyl (C=O) groups is 1. The molecule has 4 nitrogen and oxygen atoms in total. The van der Waals surface area contributed by atoms with E-state index in [9.17, 15) is 4.79 Å². The quantitative estimate of drug-likeness (QED) is 0.801. The molecule has 2 unspecified atom stereocenters. The summed E-state index contributed by atoms with van der Waals surface area (Å²) < 4.78 is 5.34. The minimum Gasteiger partial charge on any atom is -0.398 e. The Morgan fingerprint density at radius 3 is 3.00 bits per heavy atom. The van der Waals surface area contributed by atoms with Crippen LogP contribution in [0.4, 0.5) is 5.69 Å². The van der Waals surface area contributed by atoms with Gasteiger partial charge in [0.05, 0.1) is 6.61 Å². The average Bonchev–Trinajstić information content (AvgIpc) is 2.86. The summed E-state index contributed by atoms with van der Waals surface area (Å²) in [6.45, 7) is 5.42. The standard InChI is InChI=1S/C14H20N2O2/c1-9-12(4-3-5-13(9)15)14(17)16-10(2)11-6-7-18-8-11/h3-5,10-11H,6-8,15H2,1-2H3,(H,16,17). The molecule has 0 spiro atoms. The molecule has 0 radical (unpaired) electrons. The number of hydrogen-bond donors (Lipinski definition) is 2. The van der Waals surface area contributed by atoms with Gasteiger partial charge in [0, 0.05) is 29.8 Å². The van der Waals surface area contributed by atoms with Crippen molar-refractivity contribution in [1.29, 1.82) is 0 Å². The predicted octanol–water partition coefficient (Wildman–Crippen LogP) is 1.73. The summed E-state index contributed by atoms with van der Waals surface area (Å²) in [5.41, 5.74) is 7.96. The molecule has 0 aliphatic carbocycles. The molecule has 2 rings (SSSR count). The minimum absolute atomic E-state index is 0.0563. The Hall–Kier alpha value is -1.55. The third kappa shape index (κ3) is 2.64. The van der Waals surface area contributed by atoms with Gasteiger partial charge in [-0.05, 0) is 38.0 Å². The molecule has 3 N–H and O–H groups in total. The summed E-state index contributed by atoms with van der Waals surface area (Å²) in [6, 6.07) is 5.54. The lowest BCUT2D eigenvalue weighted by Crippen LogP contribution is -2.38. The molecule has 0 bridgehead atoms. The largest absolute Gasteiger partial charge is 0.398 e. The van der Waals surface area contributed by atoms with Crippen LogP contribution in [0, 0.1) is 12.8 Å². The van der Waals surface area contributed by atoms with Crippen LogP contribution < -0.4 is 11.1 Å². The molecule has 18 heavy (non-hydrogen) atoms. The molecule has 1 aliphatic heterocycles. The van der Waals surface area contributed by atoms with Gasteiger partial charge in [0.1, 0.15) is 0 Å². The van der Waals surface area contributed by atoms with E-state index in [-0.39, 0.29) is 11.9 Å². The van der Waals surface area contributed by atoms with Gasteiger partial charge in [-0.15, -0.1) is 0 Å². The monoisotopic (exact) mass is 248 g/mol. The summed E-state index contributed by atoms with van der Waals surface area (Å²) in [4.78, 5) is 12.2. The van der Waals surface area contributed by atoms with Crippen molar-refractivity contribution < 1.29 is 9.53 Å². The maximum absolute atomic E-state index is 12.2. The molecule has 1 amide bonds. The van der Waals surface area contributed by atoms with Gasteiger partial charge in [0.15, 0.2) is 0 Å². The van der Waals surface area contributed by atoms with Gasteiger partial charge in [-0.25, -0.2) is 0 Å². The lowest BCUT2D eigenvalue weighted by Gasteiger charge is -2.20. The molecule has 1 aliphatic rings. The molecular weight excluding hydrogens is 228 g/mol. The zero-order chi connectivity index (χ0) is 13.1. The molecular formula is C14H20N2O2. The Kier molecular flexibility index (Phi) is 3.87. The fourth-order valence-electron chi connectivity index (χ4n) is 2.25. The number of rotatable bonds is 3. The van der Waals surface area contributed by atoms with Gasteiger partial charge >= 0.3 is 0 Å². The summed E-state index contributed by atoms with van der Waals surface area (Å²) >= 11 is 0. The lowest BCUT2D eigenvalue weighted by molar-refractivity contribution is 0.0921. The fraction of sp³-hybridized carbons (Fsp3) is 0.500. The van der Waals surface area contributed by atoms with Crippen molar-refractivity contribution in [1.82, 2.24) is 5.32 Å². The highest BCUT2D eigenvalue weighted by Crippen LogP contribution is 2.19. The van der Waals surface area contributed by atoms with Crippen molar-refractivity contribution in [2.75, 3.05) is 18.9 Å². The number of nitrogens with two attached hydrogens (primary N) is 1. The Balaban J connectivity index is 2.05. The highest BCUT2D eigenvalue weighted by molar-refractivity contribution is 5.97. The van der Waals surface area contributed by atoms with Gasteiger partial charge in [-0.1, -0.05) is 6.07 Å². The predicted molar refractivity (Wildman–Crippen MR) is 71.4 cm³/mol. The molecule has 0 aromatic heterocycles. The summed E-state index contributed by atoms with van der Waals surface area (Å²) in [7, 11) is 0. The highest BCUT2D eigenvalue weighted by Gasteiger charge is 2.24. The van der Waals surface area contributed by atoms with Crippen LogP contribution in [0.1, 0.15) is 29.3 Å². The molecule has 1 aromatic carbocycles. The molecule has 2 atom stereocenters. The van der Waals surface area contributed by atoms with Crippen molar-refractivity contribution in [2.45, 2.75) is 26.3 Å². The first kappa shape index (κ1) is 12.9. The van der Waals surface area contributed by atoms with Crippen LogP contribution in [-0.4, -0.2) is 25.2 Å². The van der Waals surface area contributed by atoms with E-state index in [1.165, 1.54) is 0 Å². The topological polar surface area (TPSA) is 64.4 Å². The molecule has 1 aromatic rings. The second-order valence-electron chi connectivity index (χ2n) is 4.91. The number of anilines is 1. The van der Waals surface area contributed by atoms with Crippen molar-refractivity contribution >= 4 is 11.6 Å². The molecule has 98 valence electrons. The van der Waals surface area contributed by atoms with Gasteiger partial charge in [0.2, 0.25) is 0 Å². The van der Waals surface area contributed by atoms with Crippen molar-refractivity contribution in [3.05, 3.63) is 29.3 Å². The van der Waals surface area contributed by atoms with Crippen molar-refractivity contribution in [3.8, 4) is 0 Å². The number of nitrogen functional groups attached to an aromatic ring is 1. The number of ether oxygens (including phenoxy) is 1. The van der Waals surface area contributed by atoms with E-state index in [2.05, 4.69) is 5.32 Å². The number of carbonyl (C=O) groups excluding carboxylic acids is 1. The highest BCUT2D eigenvalue weighted by atomic mass is 16.5. The lowest BCUT2D eigenvalue weighted by atomic mass is 9.99. The zero-order valence-electron chi connectivity index (χ0n) is 10.9. The molecule has 1 saturated heterocycles. The van der Waals surface area contributed by atoms with Gasteiger partial charge in [-0.3, -0.25) is 4.79 Å². The van der Waals surface area contributed by atoms with Gasteiger partial charge in [0.25, 0.3) is 5.91 Å². The zero-order valence-corrected chi connectivity index (χ0v) is 10.9. The van der Waals surface area contributed by atoms with E-state index in [1.807, 2.05) is 13.8 Å². The molecule has 1 heterocycles. The van der Waals surface area contributed by atoms with Crippen LogP contribution in [0.15, 0.2) is 18.2 Å². The summed E-state index contributed by atoms with van der Waals surface area (Å²) in [6.07, 6.45) is 1.01. The Morgan fingerprint density at radius 2 is 2.33 bits per heavy atom. The first-order chi connectivity index (χ1) is 8.59. The first-order valence-corrected chi connectivity index (χ1v) is 6.33. The number of benzene rings is 1. The third-order valence-corrected chi connectivity index (χ3v) is 3.65. The molecule has 0 saturated carbocycles. The number of nitrogens with one attached hydrogen (secondary N) is 1. The average molecular weight is 248 g/mol. The summed E-state index contributed by atoms with van der Waals surface area (Å²) in [5.74, 6) is 0.356. The van der Waals surface area contributed by atoms with E-state index in [4.69, 9.17) is 10.5 Å². The molecule has 1 fully saturated rings. The fourth-order valence-corrected chi connectivity index (χ4v) is 2.25. The minimum atomic E-state index is -0.0563. The number of amides is 1. The van der Waals surface area contributed by atoms with E-state index in [0.29, 0.717) is 17.2 Å². The van der Waals surface area contributed by atoms with Crippen LogP contribution in [-0.2, 0) is 4.74 Å². The van der Waals surface area contributed by atoms with Crippen LogP contribution in [0.2, 0.25) is 0 Å². The normalized spacial score (nSPS) is 20.7. The second kappa shape index (κ2) is 5.40. The maximum Gasteiger partial charge on any atom is 0.251 e. The SMILES string of the molecule is Cc1c(N)cccc1C(=O)NC(C)C1CCOC1. The van der Waals surface area contributed by atoms with E-state index < -0.39 is 0 Å². The van der Waals surface area contributed by atoms with E-state index in [1.54, 1.807) is 18.2 Å². The maximum atomic E-state index is 12.2. The smallest absolute Gasteiger partial charge is 0.251 e. The van der Waals surface area contributed by atoms with Crippen molar-refractivity contribution in [3.63, 3.8) is 0 Å². The first-order valence-electron chi connectivity index (χ1n) is 6.33. The van der Waals surface area contributed by atoms with Crippen LogP contribution >= 0.6 is 0 Å². The Morgan fingerprint density at radius 1 is 1.56 bits per heavy atom. The Bertz CT molecular complexity index is 439. The van der Waals surface area contributed by atoms with Crippen LogP contribution in [0.5, 0.6) is 0 Å². The van der Waals surface area contributed by atoms with Crippen LogP contribution in [0.25, 0.3) is 0 Å². The summed E-state index contributed by atoms with van der Waals surface area (Å²) in [5, 5.41) is 3.03. The van der Waals surface area contributed by atoms with Gasteiger partial charge in [-0.2, -0.15) is 0 Å². The van der Waals surface area contributed by atoms with E-state index in [0.717, 1.165) is 25.2 Å². The van der Waals surface area contributed by atoms with Crippen LogP contribution in [0.3, 0.4) is 0 Å². The number of hydrogen-bond acceptors (Lipinski definition) is 3. The van der Waals surface area contributed by atoms with Crippen molar-refractivity contribution in [2.24, 2.45) is 5.92 Å². The second-order valence-corrected chi connectivity index (χ2v) is 4.91. The molecule has 4 heteroatoms. The Labute approximate surface area is 108 Å². The van der Waals surface area contributed by atoms with Gasteiger partial charge < -0.3 is 15.8 Å².